The zero-order valence-electron chi connectivity index (χ0n) is 15.0. The third-order valence-corrected chi connectivity index (χ3v) is 4.58. The van der Waals surface area contributed by atoms with Crippen LogP contribution in [0.25, 0.3) is 0 Å². The predicted molar refractivity (Wildman–Crippen MR) is 113 cm³/mol. The summed E-state index contributed by atoms with van der Waals surface area (Å²) >= 11 is 12.2. The van der Waals surface area contributed by atoms with Crippen LogP contribution in [0.5, 0.6) is 0 Å². The molecule has 0 bridgehead atoms. The van der Waals surface area contributed by atoms with Crippen molar-refractivity contribution in [1.29, 1.82) is 5.41 Å². The van der Waals surface area contributed by atoms with Gasteiger partial charge in [0.15, 0.2) is 0 Å². The molecule has 0 atom stereocenters. The third-order valence-electron chi connectivity index (χ3n) is 3.92. The summed E-state index contributed by atoms with van der Waals surface area (Å²) in [5.74, 6) is -0.0128. The van der Waals surface area contributed by atoms with Gasteiger partial charge in [-0.25, -0.2) is 4.98 Å². The van der Waals surface area contributed by atoms with E-state index >= 15 is 0 Å². The van der Waals surface area contributed by atoms with E-state index in [4.69, 9.17) is 28.6 Å². The first-order valence-electron chi connectivity index (χ1n) is 8.40. The van der Waals surface area contributed by atoms with Gasteiger partial charge < -0.3 is 16.0 Å². The zero-order valence-corrected chi connectivity index (χ0v) is 16.5. The number of halogens is 2. The lowest BCUT2D eigenvalue weighted by molar-refractivity contribution is 0.102. The van der Waals surface area contributed by atoms with Crippen molar-refractivity contribution in [1.82, 2.24) is 9.97 Å². The number of amides is 1. The number of rotatable bonds is 6. The lowest BCUT2D eigenvalue weighted by Crippen LogP contribution is -2.15. The van der Waals surface area contributed by atoms with Gasteiger partial charge in [0.25, 0.3) is 5.91 Å². The number of aryl methyl sites for hydroxylation is 1. The number of nitrogens with zero attached hydrogens (tertiary/aromatic N) is 2. The maximum Gasteiger partial charge on any atom is 0.258 e. The van der Waals surface area contributed by atoms with Crippen molar-refractivity contribution in [2.75, 3.05) is 10.6 Å². The molecule has 0 aliphatic heterocycles. The Morgan fingerprint density at radius 2 is 1.93 bits per heavy atom. The van der Waals surface area contributed by atoms with E-state index < -0.39 is 5.91 Å². The Hall–Kier alpha value is -2.96. The molecule has 28 heavy (non-hydrogen) atoms. The molecule has 0 spiro atoms. The van der Waals surface area contributed by atoms with Crippen LogP contribution in [0.1, 0.15) is 27.3 Å². The summed E-state index contributed by atoms with van der Waals surface area (Å²) < 4.78 is 0. The number of nitrogens with one attached hydrogen (secondary N) is 3. The molecular formula is C20H17Cl2N5O. The first-order valence-corrected chi connectivity index (χ1v) is 9.16. The number of hydrogen-bond acceptors (Lipinski definition) is 5. The molecule has 3 rings (SSSR count). The maximum atomic E-state index is 12.5. The average molecular weight is 414 g/mol. The number of aromatic nitrogens is 2. The molecule has 142 valence electrons. The molecule has 2 aromatic heterocycles. The van der Waals surface area contributed by atoms with Gasteiger partial charge in [-0.15, -0.1) is 0 Å². The lowest BCUT2D eigenvalue weighted by Gasteiger charge is -2.13. The van der Waals surface area contributed by atoms with E-state index in [9.17, 15) is 4.79 Å². The highest BCUT2D eigenvalue weighted by Crippen LogP contribution is 2.26. The van der Waals surface area contributed by atoms with Crippen LogP contribution in [0.4, 0.5) is 11.5 Å². The summed E-state index contributed by atoms with van der Waals surface area (Å²) in [5.41, 5.74) is 2.83. The summed E-state index contributed by atoms with van der Waals surface area (Å²) in [5, 5.41) is 14.2. The molecule has 0 aliphatic rings. The molecule has 0 fully saturated rings. The van der Waals surface area contributed by atoms with E-state index in [1.165, 1.54) is 6.20 Å². The topological polar surface area (TPSA) is 90.8 Å². The molecule has 0 aliphatic carbocycles. The third kappa shape index (κ3) is 4.65. The van der Waals surface area contributed by atoms with Crippen molar-refractivity contribution in [3.8, 4) is 0 Å². The smallest absolute Gasteiger partial charge is 0.258 e. The second-order valence-corrected chi connectivity index (χ2v) is 6.79. The van der Waals surface area contributed by atoms with E-state index in [2.05, 4.69) is 20.6 Å². The summed E-state index contributed by atoms with van der Waals surface area (Å²) in [6.07, 6.45) is 2.45. The summed E-state index contributed by atoms with van der Waals surface area (Å²) in [6.45, 7) is 2.33. The standard InChI is InChI=1S/C20H17Cl2N5O/c1-12-3-2-4-15(26-12)10-24-19-16(9-23)18(22)17(11-25-19)20(28)27-14-7-5-13(21)6-8-14/h2-9,11,23H,10H2,1H3,(H,24,25)(H,27,28). The van der Waals surface area contributed by atoms with Crippen LogP contribution in [0.3, 0.4) is 0 Å². The summed E-state index contributed by atoms with van der Waals surface area (Å²) in [7, 11) is 0. The lowest BCUT2D eigenvalue weighted by atomic mass is 10.1. The van der Waals surface area contributed by atoms with Gasteiger partial charge in [-0.05, 0) is 43.3 Å². The number of carbonyl (C=O) groups excluding carboxylic acids is 1. The minimum atomic E-state index is -0.421. The molecule has 0 unspecified atom stereocenters. The number of benzene rings is 1. The van der Waals surface area contributed by atoms with Crippen molar-refractivity contribution < 1.29 is 4.79 Å². The maximum absolute atomic E-state index is 12.5. The van der Waals surface area contributed by atoms with E-state index in [0.717, 1.165) is 17.6 Å². The fourth-order valence-corrected chi connectivity index (χ4v) is 2.94. The predicted octanol–water partition coefficient (Wildman–Crippen LogP) is 4.95. The number of hydrogen-bond donors (Lipinski definition) is 3. The Balaban J connectivity index is 1.79. The second kappa shape index (κ2) is 8.82. The van der Waals surface area contributed by atoms with Gasteiger partial charge in [0.05, 0.1) is 28.4 Å². The van der Waals surface area contributed by atoms with Gasteiger partial charge in [-0.2, -0.15) is 0 Å². The number of pyridine rings is 2. The molecular weight excluding hydrogens is 397 g/mol. The quantitative estimate of drug-likeness (QED) is 0.498. The van der Waals surface area contributed by atoms with Crippen LogP contribution in [-0.2, 0) is 6.54 Å². The first kappa shape index (κ1) is 19.8. The Kier molecular flexibility index (Phi) is 6.23. The van der Waals surface area contributed by atoms with Gasteiger partial charge in [-0.3, -0.25) is 9.78 Å². The first-order chi connectivity index (χ1) is 13.5. The fraction of sp³-hybridized carbons (Fsp3) is 0.100. The van der Waals surface area contributed by atoms with Crippen molar-refractivity contribution >= 4 is 46.8 Å². The van der Waals surface area contributed by atoms with Gasteiger partial charge in [0.1, 0.15) is 5.82 Å². The van der Waals surface area contributed by atoms with Crippen LogP contribution in [-0.4, -0.2) is 22.1 Å². The molecule has 6 nitrogen and oxygen atoms in total. The van der Waals surface area contributed by atoms with Gasteiger partial charge >= 0.3 is 0 Å². The Bertz CT molecular complexity index is 1020. The largest absolute Gasteiger partial charge is 0.364 e. The van der Waals surface area contributed by atoms with Crippen LogP contribution in [0.15, 0.2) is 48.7 Å². The van der Waals surface area contributed by atoms with Gasteiger partial charge in [0.2, 0.25) is 0 Å². The Morgan fingerprint density at radius 1 is 1.18 bits per heavy atom. The SMILES string of the molecule is Cc1cccc(CNc2ncc(C(=O)Nc3ccc(Cl)cc3)c(Cl)c2C=N)n1. The van der Waals surface area contributed by atoms with Crippen molar-refractivity contribution in [3.05, 3.63) is 81.2 Å². The van der Waals surface area contributed by atoms with E-state index in [0.29, 0.717) is 28.6 Å². The van der Waals surface area contributed by atoms with E-state index in [1.807, 2.05) is 25.1 Å². The number of carbonyl (C=O) groups is 1. The minimum absolute atomic E-state index is 0.149. The highest BCUT2D eigenvalue weighted by atomic mass is 35.5. The minimum Gasteiger partial charge on any atom is -0.364 e. The van der Waals surface area contributed by atoms with Crippen molar-refractivity contribution in [2.24, 2.45) is 0 Å². The summed E-state index contributed by atoms with van der Waals surface area (Å²) in [6, 6.07) is 12.4. The molecule has 3 N–H and O–H groups in total. The highest BCUT2D eigenvalue weighted by Gasteiger charge is 2.17. The molecule has 0 saturated heterocycles. The van der Waals surface area contributed by atoms with Crippen LogP contribution in [0, 0.1) is 12.3 Å². The van der Waals surface area contributed by atoms with Crippen molar-refractivity contribution in [3.63, 3.8) is 0 Å². The monoisotopic (exact) mass is 413 g/mol. The van der Waals surface area contributed by atoms with Crippen LogP contribution < -0.4 is 10.6 Å². The van der Waals surface area contributed by atoms with E-state index in [1.54, 1.807) is 24.3 Å². The highest BCUT2D eigenvalue weighted by molar-refractivity contribution is 6.37. The Labute approximate surface area is 172 Å². The van der Waals surface area contributed by atoms with E-state index in [-0.39, 0.29) is 10.6 Å². The molecule has 1 amide bonds. The number of anilines is 2. The zero-order chi connectivity index (χ0) is 20.1. The molecule has 0 saturated carbocycles. The van der Waals surface area contributed by atoms with Crippen molar-refractivity contribution in [2.45, 2.75) is 13.5 Å². The van der Waals surface area contributed by atoms with Crippen LogP contribution in [0.2, 0.25) is 10.0 Å². The van der Waals surface area contributed by atoms with Crippen LogP contribution >= 0.6 is 23.2 Å². The molecule has 8 heteroatoms. The average Bonchev–Trinajstić information content (AvgIpc) is 2.68. The fourth-order valence-electron chi connectivity index (χ4n) is 2.54. The second-order valence-electron chi connectivity index (χ2n) is 5.98. The normalized spacial score (nSPS) is 10.4. The van der Waals surface area contributed by atoms with Gasteiger partial charge in [0, 0.05) is 28.8 Å². The Morgan fingerprint density at radius 3 is 2.61 bits per heavy atom. The molecule has 0 radical (unpaired) electrons. The molecule has 1 aromatic carbocycles. The van der Waals surface area contributed by atoms with Gasteiger partial charge in [-0.1, -0.05) is 29.3 Å². The summed E-state index contributed by atoms with van der Waals surface area (Å²) in [4.78, 5) is 21.2. The molecule has 3 aromatic rings. The molecule has 2 heterocycles.